The molecule has 0 atom stereocenters. The molecule has 0 spiro atoms. The van der Waals surface area contributed by atoms with Gasteiger partial charge in [-0.25, -0.2) is 4.39 Å². The minimum atomic E-state index is -0.458. The molecular formula is C12H7FN4. The first-order valence-electron chi connectivity index (χ1n) is 4.59. The second-order valence-electron chi connectivity index (χ2n) is 3.23. The van der Waals surface area contributed by atoms with Crippen LogP contribution in [0.5, 0.6) is 0 Å². The topological polar surface area (TPSA) is 83.4 Å². The van der Waals surface area contributed by atoms with Crippen LogP contribution >= 0.6 is 0 Å². The minimum absolute atomic E-state index is 0.194. The molecule has 1 aromatic rings. The monoisotopic (exact) mass is 226 g/mol. The summed E-state index contributed by atoms with van der Waals surface area (Å²) in [5.74, 6) is -0.458. The second-order valence-corrected chi connectivity index (χ2v) is 3.23. The van der Waals surface area contributed by atoms with Gasteiger partial charge in [0.05, 0.1) is 0 Å². The lowest BCUT2D eigenvalue weighted by atomic mass is 10.2. The van der Waals surface area contributed by atoms with E-state index in [0.29, 0.717) is 11.3 Å². The van der Waals surface area contributed by atoms with Crippen molar-refractivity contribution < 1.29 is 4.39 Å². The number of allylic oxidation sites excluding steroid dienone is 2. The van der Waals surface area contributed by atoms with Gasteiger partial charge in [0.15, 0.2) is 5.57 Å². The first kappa shape index (κ1) is 12.2. The first-order chi connectivity index (χ1) is 8.10. The molecule has 0 aliphatic rings. The van der Waals surface area contributed by atoms with E-state index >= 15 is 0 Å². The Balaban J connectivity index is 3.15. The maximum absolute atomic E-state index is 13.1. The molecule has 1 rings (SSSR count). The van der Waals surface area contributed by atoms with E-state index in [2.05, 4.69) is 5.32 Å². The Morgan fingerprint density at radius 3 is 2.24 bits per heavy atom. The van der Waals surface area contributed by atoms with E-state index in [4.69, 9.17) is 15.8 Å². The molecule has 0 aliphatic carbocycles. The van der Waals surface area contributed by atoms with Crippen LogP contribution in [-0.2, 0) is 0 Å². The number of aryl methyl sites for hydroxylation is 1. The molecule has 0 aliphatic heterocycles. The van der Waals surface area contributed by atoms with Crippen LogP contribution < -0.4 is 5.32 Å². The highest BCUT2D eigenvalue weighted by molar-refractivity contribution is 5.58. The summed E-state index contributed by atoms with van der Waals surface area (Å²) in [5, 5.41) is 28.6. The minimum Gasteiger partial charge on any atom is -0.345 e. The van der Waals surface area contributed by atoms with Crippen molar-refractivity contribution in [2.75, 3.05) is 5.32 Å². The standard InChI is InChI=1S/C12H7FN4/c1-8-2-10(13)4-11(3-8)17-12(7-16)9(5-14)6-15/h2-4,17H,1H3. The Morgan fingerprint density at radius 1 is 1.12 bits per heavy atom. The summed E-state index contributed by atoms with van der Waals surface area (Å²) in [6, 6.07) is 8.99. The molecule has 0 unspecified atom stereocenters. The van der Waals surface area contributed by atoms with Crippen molar-refractivity contribution >= 4 is 5.69 Å². The molecule has 82 valence electrons. The maximum atomic E-state index is 13.1. The molecular weight excluding hydrogens is 219 g/mol. The zero-order chi connectivity index (χ0) is 12.8. The molecule has 1 N–H and O–H groups in total. The fourth-order valence-corrected chi connectivity index (χ4v) is 1.24. The predicted octanol–water partition coefficient (Wildman–Crippen LogP) is 2.37. The molecule has 1 aromatic carbocycles. The Kier molecular flexibility index (Phi) is 3.81. The van der Waals surface area contributed by atoms with Crippen LogP contribution in [-0.4, -0.2) is 0 Å². The van der Waals surface area contributed by atoms with Gasteiger partial charge in [0.25, 0.3) is 0 Å². The lowest BCUT2D eigenvalue weighted by Crippen LogP contribution is -2.01. The lowest BCUT2D eigenvalue weighted by Gasteiger charge is -2.05. The summed E-state index contributed by atoms with van der Waals surface area (Å²) in [6.07, 6.45) is 0. The molecule has 0 aromatic heterocycles. The number of nitriles is 3. The third-order valence-corrected chi connectivity index (χ3v) is 1.90. The van der Waals surface area contributed by atoms with Crippen molar-refractivity contribution in [3.05, 3.63) is 40.8 Å². The van der Waals surface area contributed by atoms with Gasteiger partial charge in [0.2, 0.25) is 0 Å². The summed E-state index contributed by atoms with van der Waals surface area (Å²) in [7, 11) is 0. The number of halogens is 1. The predicted molar refractivity (Wildman–Crippen MR) is 58.6 cm³/mol. The van der Waals surface area contributed by atoms with Gasteiger partial charge in [-0.1, -0.05) is 0 Å². The van der Waals surface area contributed by atoms with E-state index in [-0.39, 0.29) is 11.3 Å². The van der Waals surface area contributed by atoms with Gasteiger partial charge in [-0.15, -0.1) is 0 Å². The van der Waals surface area contributed by atoms with Crippen LogP contribution in [0.3, 0.4) is 0 Å². The van der Waals surface area contributed by atoms with Crippen LogP contribution in [0, 0.1) is 46.7 Å². The quantitative estimate of drug-likeness (QED) is 0.784. The fraction of sp³-hybridized carbons (Fsp3) is 0.0833. The van der Waals surface area contributed by atoms with E-state index in [1.165, 1.54) is 12.1 Å². The SMILES string of the molecule is Cc1cc(F)cc(NC(C#N)=C(C#N)C#N)c1. The zero-order valence-electron chi connectivity index (χ0n) is 8.95. The maximum Gasteiger partial charge on any atom is 0.163 e. The number of hydrogen-bond acceptors (Lipinski definition) is 4. The summed E-state index contributed by atoms with van der Waals surface area (Å²) >= 11 is 0. The summed E-state index contributed by atoms with van der Waals surface area (Å²) in [4.78, 5) is 0. The van der Waals surface area contributed by atoms with E-state index < -0.39 is 5.82 Å². The molecule has 17 heavy (non-hydrogen) atoms. The Hall–Kier alpha value is -2.84. The van der Waals surface area contributed by atoms with Gasteiger partial charge in [-0.05, 0) is 30.7 Å². The third-order valence-electron chi connectivity index (χ3n) is 1.90. The van der Waals surface area contributed by atoms with Crippen molar-refractivity contribution in [2.24, 2.45) is 0 Å². The molecule has 0 radical (unpaired) electrons. The van der Waals surface area contributed by atoms with Gasteiger partial charge in [-0.3, -0.25) is 0 Å². The molecule has 0 saturated carbocycles. The van der Waals surface area contributed by atoms with Crippen LogP contribution in [0.4, 0.5) is 10.1 Å². The number of hydrogen-bond donors (Lipinski definition) is 1. The Morgan fingerprint density at radius 2 is 1.76 bits per heavy atom. The molecule has 4 nitrogen and oxygen atoms in total. The number of rotatable bonds is 2. The van der Waals surface area contributed by atoms with Gasteiger partial charge in [0, 0.05) is 5.69 Å². The molecule has 0 bridgehead atoms. The average molecular weight is 226 g/mol. The van der Waals surface area contributed by atoms with Crippen LogP contribution in [0.2, 0.25) is 0 Å². The van der Waals surface area contributed by atoms with Gasteiger partial charge >= 0.3 is 0 Å². The molecule has 0 heterocycles. The fourth-order valence-electron chi connectivity index (χ4n) is 1.24. The van der Waals surface area contributed by atoms with Gasteiger partial charge in [-0.2, -0.15) is 15.8 Å². The molecule has 0 amide bonds. The number of benzene rings is 1. The summed E-state index contributed by atoms with van der Waals surface area (Å²) in [5.41, 5.74) is 0.455. The van der Waals surface area contributed by atoms with Gasteiger partial charge < -0.3 is 5.32 Å². The van der Waals surface area contributed by atoms with E-state index in [9.17, 15) is 4.39 Å². The largest absolute Gasteiger partial charge is 0.345 e. The highest BCUT2D eigenvalue weighted by Crippen LogP contribution is 2.16. The smallest absolute Gasteiger partial charge is 0.163 e. The highest BCUT2D eigenvalue weighted by atomic mass is 19.1. The lowest BCUT2D eigenvalue weighted by molar-refractivity contribution is 0.627. The van der Waals surface area contributed by atoms with Crippen LogP contribution in [0.15, 0.2) is 29.5 Å². The number of anilines is 1. The summed E-state index contributed by atoms with van der Waals surface area (Å²) < 4.78 is 13.1. The zero-order valence-corrected chi connectivity index (χ0v) is 8.95. The molecule has 0 saturated heterocycles. The molecule has 5 heteroatoms. The van der Waals surface area contributed by atoms with E-state index in [0.717, 1.165) is 0 Å². The number of nitrogens with one attached hydrogen (secondary N) is 1. The third kappa shape index (κ3) is 3.06. The molecule has 0 fully saturated rings. The Labute approximate surface area is 97.8 Å². The first-order valence-corrected chi connectivity index (χ1v) is 4.59. The van der Waals surface area contributed by atoms with Crippen molar-refractivity contribution in [2.45, 2.75) is 6.92 Å². The van der Waals surface area contributed by atoms with Crippen molar-refractivity contribution in [3.8, 4) is 18.2 Å². The van der Waals surface area contributed by atoms with Crippen LogP contribution in [0.1, 0.15) is 5.56 Å². The average Bonchev–Trinajstić information content (AvgIpc) is 2.27. The Bertz CT molecular complexity index is 560. The van der Waals surface area contributed by atoms with E-state index in [1.807, 2.05) is 0 Å². The summed E-state index contributed by atoms with van der Waals surface area (Å²) in [6.45, 7) is 1.69. The van der Waals surface area contributed by atoms with Crippen LogP contribution in [0.25, 0.3) is 0 Å². The van der Waals surface area contributed by atoms with Gasteiger partial charge in [0.1, 0.15) is 29.7 Å². The normalized spacial score (nSPS) is 8.41. The van der Waals surface area contributed by atoms with Crippen molar-refractivity contribution in [1.29, 1.82) is 15.8 Å². The highest BCUT2D eigenvalue weighted by Gasteiger charge is 2.06. The second kappa shape index (κ2) is 5.30. The van der Waals surface area contributed by atoms with E-state index in [1.54, 1.807) is 31.2 Å². The van der Waals surface area contributed by atoms with Crippen molar-refractivity contribution in [3.63, 3.8) is 0 Å². The number of nitrogens with zero attached hydrogens (tertiary/aromatic N) is 3. The van der Waals surface area contributed by atoms with Crippen molar-refractivity contribution in [1.82, 2.24) is 0 Å².